The Bertz CT molecular complexity index is 793. The Labute approximate surface area is 222 Å². The molecule has 0 heterocycles. The Kier molecular flexibility index (Phi) is 8.01. The molecular weight excluding hydrogens is 440 g/mol. The van der Waals surface area contributed by atoms with Gasteiger partial charge in [-0.05, 0) is 110 Å². The highest BCUT2D eigenvalue weighted by Gasteiger charge is 2.59. The van der Waals surface area contributed by atoms with Crippen molar-refractivity contribution in [2.45, 2.75) is 137 Å². The van der Waals surface area contributed by atoms with Gasteiger partial charge >= 0.3 is 5.97 Å². The van der Waals surface area contributed by atoms with Gasteiger partial charge in [-0.2, -0.15) is 0 Å². The first-order valence-electron chi connectivity index (χ1n) is 16.1. The van der Waals surface area contributed by atoms with Crippen molar-refractivity contribution < 1.29 is 9.53 Å². The lowest BCUT2D eigenvalue weighted by atomic mass is 9.46. The molecule has 0 bridgehead atoms. The van der Waals surface area contributed by atoms with Crippen LogP contribution in [0.15, 0.2) is 12.2 Å². The van der Waals surface area contributed by atoms with Gasteiger partial charge in [0.2, 0.25) is 0 Å². The maximum Gasteiger partial charge on any atom is 0.309 e. The second-order valence-electron chi connectivity index (χ2n) is 15.0. The van der Waals surface area contributed by atoms with Crippen molar-refractivity contribution in [2.24, 2.45) is 58.2 Å². The molecule has 0 saturated heterocycles. The van der Waals surface area contributed by atoms with Gasteiger partial charge in [0.1, 0.15) is 6.10 Å². The van der Waals surface area contributed by atoms with Gasteiger partial charge in [0.25, 0.3) is 0 Å². The molecule has 5 rings (SSSR count). The minimum atomic E-state index is 0.119. The Morgan fingerprint density at radius 2 is 1.58 bits per heavy atom. The van der Waals surface area contributed by atoms with E-state index in [9.17, 15) is 4.79 Å². The van der Waals surface area contributed by atoms with E-state index < -0.39 is 0 Å². The summed E-state index contributed by atoms with van der Waals surface area (Å²) in [6.07, 6.45) is 24.6. The first kappa shape index (κ1) is 26.8. The lowest BCUT2D eigenvalue weighted by molar-refractivity contribution is -0.161. The highest BCUT2D eigenvalue weighted by Crippen LogP contribution is 2.67. The minimum absolute atomic E-state index is 0.119. The van der Waals surface area contributed by atoms with E-state index in [1.807, 2.05) is 0 Å². The number of ether oxygens (including phenoxy) is 1. The second-order valence-corrected chi connectivity index (χ2v) is 15.0. The van der Waals surface area contributed by atoms with Crippen molar-refractivity contribution in [3.05, 3.63) is 12.2 Å². The Balaban J connectivity index is 1.23. The fourth-order valence-corrected chi connectivity index (χ4v) is 10.3. The average Bonchev–Trinajstić information content (AvgIpc) is 3.22. The molecule has 0 aromatic heterocycles. The summed E-state index contributed by atoms with van der Waals surface area (Å²) in [5.41, 5.74) is 0.939. The molecular formula is C34H56O2. The largest absolute Gasteiger partial charge is 0.462 e. The van der Waals surface area contributed by atoms with Gasteiger partial charge in [0, 0.05) is 0 Å². The van der Waals surface area contributed by atoms with Crippen molar-refractivity contribution in [2.75, 3.05) is 0 Å². The zero-order valence-corrected chi connectivity index (χ0v) is 24.3. The zero-order valence-electron chi connectivity index (χ0n) is 24.3. The molecule has 5 aliphatic rings. The summed E-state index contributed by atoms with van der Waals surface area (Å²) in [6, 6.07) is 0. The predicted octanol–water partition coefficient (Wildman–Crippen LogP) is 9.38. The second kappa shape index (κ2) is 10.8. The Morgan fingerprint density at radius 3 is 2.33 bits per heavy atom. The molecule has 0 amide bonds. The van der Waals surface area contributed by atoms with E-state index >= 15 is 0 Å². The highest BCUT2D eigenvalue weighted by molar-refractivity contribution is 5.72. The van der Waals surface area contributed by atoms with Crippen LogP contribution in [0.3, 0.4) is 0 Å². The lowest BCUT2D eigenvalue weighted by Gasteiger charge is -2.59. The molecule has 0 spiro atoms. The predicted molar refractivity (Wildman–Crippen MR) is 149 cm³/mol. The Hall–Kier alpha value is -0.790. The average molecular weight is 497 g/mol. The van der Waals surface area contributed by atoms with E-state index in [2.05, 4.69) is 46.8 Å². The summed E-state index contributed by atoms with van der Waals surface area (Å²) >= 11 is 0. The van der Waals surface area contributed by atoms with Gasteiger partial charge in [-0.15, -0.1) is 0 Å². The molecule has 4 saturated carbocycles. The fourth-order valence-electron chi connectivity index (χ4n) is 10.3. The van der Waals surface area contributed by atoms with E-state index in [0.29, 0.717) is 16.7 Å². The molecule has 0 unspecified atom stereocenters. The summed E-state index contributed by atoms with van der Waals surface area (Å²) in [4.78, 5) is 12.8. The third-order valence-electron chi connectivity index (χ3n) is 12.5. The number of rotatable bonds is 7. The number of allylic oxidation sites excluding steroid dienone is 2. The van der Waals surface area contributed by atoms with Crippen LogP contribution < -0.4 is 0 Å². The van der Waals surface area contributed by atoms with Crippen molar-refractivity contribution in [1.82, 2.24) is 0 Å². The summed E-state index contributed by atoms with van der Waals surface area (Å²) in [7, 11) is 0. The van der Waals surface area contributed by atoms with Crippen molar-refractivity contribution in [1.29, 1.82) is 0 Å². The van der Waals surface area contributed by atoms with Crippen molar-refractivity contribution in [3.8, 4) is 0 Å². The van der Waals surface area contributed by atoms with Crippen LogP contribution in [0.2, 0.25) is 0 Å². The van der Waals surface area contributed by atoms with Crippen LogP contribution in [-0.4, -0.2) is 12.1 Å². The zero-order chi connectivity index (χ0) is 25.5. The van der Waals surface area contributed by atoms with Crippen LogP contribution in [0.25, 0.3) is 0 Å². The minimum Gasteiger partial charge on any atom is -0.462 e. The molecule has 0 aromatic rings. The Morgan fingerprint density at radius 1 is 0.861 bits per heavy atom. The maximum absolute atomic E-state index is 12.8. The standard InChI is InChI=1S/C34H56O2/c1-23(2)10-9-11-24(3)29-16-17-30-28-15-14-26-22-27(36-32(35)25-12-7-6-8-13-25)18-20-33(26,4)31(28)19-21-34(29,30)5/h14-15,23-31H,6-13,16-22H2,1-5H3/t24-,26+,27+,28-,29+,30+,31-,33+,34-/m1/s1. The first-order chi connectivity index (χ1) is 17.2. The number of carbonyl (C=O) groups is 1. The quantitative estimate of drug-likeness (QED) is 0.259. The van der Waals surface area contributed by atoms with E-state index in [1.165, 1.54) is 70.6 Å². The fraction of sp³-hybridized carbons (Fsp3) is 0.912. The van der Waals surface area contributed by atoms with Crippen LogP contribution in [-0.2, 0) is 9.53 Å². The van der Waals surface area contributed by atoms with Crippen LogP contribution in [0, 0.1) is 58.2 Å². The molecule has 36 heavy (non-hydrogen) atoms. The van der Waals surface area contributed by atoms with E-state index in [0.717, 1.165) is 61.2 Å². The van der Waals surface area contributed by atoms with Crippen molar-refractivity contribution >= 4 is 5.97 Å². The topological polar surface area (TPSA) is 26.3 Å². The summed E-state index contributed by atoms with van der Waals surface area (Å²) in [5.74, 6) is 6.01. The number of carbonyl (C=O) groups excluding carboxylic acids is 1. The molecule has 0 aliphatic heterocycles. The smallest absolute Gasteiger partial charge is 0.309 e. The van der Waals surface area contributed by atoms with E-state index in [1.54, 1.807) is 0 Å². The first-order valence-corrected chi connectivity index (χ1v) is 16.1. The van der Waals surface area contributed by atoms with Crippen LogP contribution in [0.5, 0.6) is 0 Å². The highest BCUT2D eigenvalue weighted by atomic mass is 16.5. The number of esters is 1. The molecule has 0 N–H and O–H groups in total. The monoisotopic (exact) mass is 496 g/mol. The van der Waals surface area contributed by atoms with Gasteiger partial charge in [-0.1, -0.05) is 85.3 Å². The molecule has 9 atom stereocenters. The number of hydrogen-bond donors (Lipinski definition) is 0. The van der Waals surface area contributed by atoms with Crippen LogP contribution >= 0.6 is 0 Å². The third kappa shape index (κ3) is 4.98. The summed E-state index contributed by atoms with van der Waals surface area (Å²) < 4.78 is 6.16. The molecule has 5 aliphatic carbocycles. The maximum atomic E-state index is 12.8. The third-order valence-corrected chi connectivity index (χ3v) is 12.5. The van der Waals surface area contributed by atoms with Crippen molar-refractivity contribution in [3.63, 3.8) is 0 Å². The van der Waals surface area contributed by atoms with Gasteiger partial charge < -0.3 is 4.74 Å². The number of fused-ring (bicyclic) bond motifs is 5. The van der Waals surface area contributed by atoms with Gasteiger partial charge in [-0.25, -0.2) is 0 Å². The molecule has 204 valence electrons. The molecule has 4 fully saturated rings. The normalized spacial score (nSPS) is 43.5. The van der Waals surface area contributed by atoms with Gasteiger partial charge in [0.05, 0.1) is 5.92 Å². The van der Waals surface area contributed by atoms with Gasteiger partial charge in [0.15, 0.2) is 0 Å². The summed E-state index contributed by atoms with van der Waals surface area (Å²) in [5, 5.41) is 0. The van der Waals surface area contributed by atoms with Crippen LogP contribution in [0.4, 0.5) is 0 Å². The van der Waals surface area contributed by atoms with Crippen LogP contribution in [0.1, 0.15) is 131 Å². The van der Waals surface area contributed by atoms with E-state index in [-0.39, 0.29) is 18.0 Å². The summed E-state index contributed by atoms with van der Waals surface area (Å²) in [6.45, 7) is 12.6. The lowest BCUT2D eigenvalue weighted by Crippen LogP contribution is -2.52. The SMILES string of the molecule is CC(C)CCC[C@@H](C)[C@@H]1CC[C@H]2[C@H]3C=C[C@H]4C[C@@H](OC(=O)C5CCCCC5)CC[C@]4(C)[C@@H]3CC[C@@]21C. The van der Waals surface area contributed by atoms with E-state index in [4.69, 9.17) is 4.74 Å². The van der Waals surface area contributed by atoms with Gasteiger partial charge in [-0.3, -0.25) is 4.79 Å². The molecule has 0 radical (unpaired) electrons. The number of hydrogen-bond acceptors (Lipinski definition) is 2. The molecule has 0 aromatic carbocycles. The molecule has 2 nitrogen and oxygen atoms in total. The molecule has 2 heteroatoms.